The van der Waals surface area contributed by atoms with Crippen molar-refractivity contribution >= 4 is 98.8 Å². The molecular weight excluding hydrogens is 1850 g/mol. The zero-order valence-electron chi connectivity index (χ0n) is 83.0. The average Bonchev–Trinajstić information content (AvgIpc) is 1.45. The van der Waals surface area contributed by atoms with E-state index in [-0.39, 0.29) is 11.6 Å². The van der Waals surface area contributed by atoms with E-state index in [9.17, 15) is 8.78 Å². The van der Waals surface area contributed by atoms with Crippen LogP contribution in [0.3, 0.4) is 0 Å². The van der Waals surface area contributed by atoms with Crippen molar-refractivity contribution in [1.82, 2.24) is 85.9 Å². The molecule has 26 rings (SSSR count). The monoisotopic (exact) mass is 1960 g/mol. The molecule has 21 nitrogen and oxygen atoms in total. The Kier molecular flexibility index (Phi) is 27.3. The number of anilines is 4. The van der Waals surface area contributed by atoms with Crippen molar-refractivity contribution in [2.45, 2.75) is 105 Å². The quantitative estimate of drug-likeness (QED) is 0.0434. The molecule has 148 heavy (non-hydrogen) atoms. The third-order valence-corrected chi connectivity index (χ3v) is 27.9. The highest BCUT2D eigenvalue weighted by Crippen LogP contribution is 2.46. The van der Waals surface area contributed by atoms with Gasteiger partial charge in [0.05, 0.1) is 156 Å². The molecule has 2 aliphatic carbocycles. The van der Waals surface area contributed by atoms with Crippen LogP contribution in [-0.2, 0) is 0 Å². The minimum atomic E-state index is -0.226. The molecule has 0 saturated heterocycles. The lowest BCUT2D eigenvalue weighted by molar-refractivity contribution is 0.618. The smallest absolute Gasteiger partial charge is 0.126 e. The first-order chi connectivity index (χ1) is 72.0. The van der Waals surface area contributed by atoms with Crippen molar-refractivity contribution in [3.63, 3.8) is 0 Å². The van der Waals surface area contributed by atoms with Gasteiger partial charge in [-0.1, -0.05) is 155 Å². The van der Waals surface area contributed by atoms with Crippen molar-refractivity contribution in [2.24, 2.45) is 0 Å². The SMILES string of the molecule is CC(C)c1cccc(-c2ncc(N)cc2-c2ccc3[nH]ncc3c2)c1.Cc1cc(-c2ncc(N)cc2-c2ccc3[nH]ncc3c2)ccc1F.Cc1cc(-c2ncc(N)cc2-c2ccc3ncsc3c2)ccc1F.Cc1ccc(-c2ccc3[nH]ncc3c2)c(-c2ccc(C3CC3)cc2)n1.Cc1ccc(-c2ccc3[nH]ncc3c2)c(-c2cccc(C(C)C)c2)n1.Nc1cnc(-c2cccc(C3CC3)c2)c(-c2ccc3[nH]ncc3c2)c1. The zero-order chi connectivity index (χ0) is 102. The summed E-state index contributed by atoms with van der Waals surface area (Å²) in [6, 6.07) is 98.6. The van der Waals surface area contributed by atoms with Crippen LogP contribution in [0.25, 0.3) is 199 Å². The van der Waals surface area contributed by atoms with Gasteiger partial charge in [-0.2, -0.15) is 25.5 Å². The van der Waals surface area contributed by atoms with Crippen LogP contribution < -0.4 is 22.9 Å². The summed E-state index contributed by atoms with van der Waals surface area (Å²) < 4.78 is 28.3. The fourth-order valence-corrected chi connectivity index (χ4v) is 19.4. The first-order valence-electron chi connectivity index (χ1n) is 49.5. The second-order valence-corrected chi connectivity index (χ2v) is 39.4. The summed E-state index contributed by atoms with van der Waals surface area (Å²) in [6.07, 6.45) is 21.1. The molecule has 2 aliphatic rings. The number of pyridine rings is 6. The number of hydrogen-bond acceptors (Lipinski definition) is 17. The molecule has 12 aromatic carbocycles. The number of aromatic amines is 5. The third kappa shape index (κ3) is 21.4. The van der Waals surface area contributed by atoms with Gasteiger partial charge in [0.2, 0.25) is 0 Å². The lowest BCUT2D eigenvalue weighted by Crippen LogP contribution is -1.95. The minimum absolute atomic E-state index is 0.221. The summed E-state index contributed by atoms with van der Waals surface area (Å²) in [7, 11) is 0. The molecule has 2 saturated carbocycles. The van der Waals surface area contributed by atoms with E-state index in [1.165, 1.54) is 71.2 Å². The number of aromatic nitrogens is 17. The van der Waals surface area contributed by atoms with Gasteiger partial charge in [0.25, 0.3) is 0 Å². The molecule has 12 aromatic heterocycles. The van der Waals surface area contributed by atoms with Crippen LogP contribution in [0.2, 0.25) is 0 Å². The Labute approximate surface area is 858 Å². The standard InChI is InChI=1S/C22H19N3.C22H21N3.C21H18N4.C21H20N4.C19H15FN4.C19H14FN3S/c1-14-2-10-20(18-9-11-21-19(12-18)13-23-25-21)22(24-14)17-7-5-16(6-8-17)15-3-4-15;1-14(2)16-5-4-6-18(11-16)22-20(9-7-15(3)24-22)17-8-10-21-19(12-17)13-23-25-21;22-18-10-19(15-6-7-20-17(9-15)11-24-25-20)21(23-12-18)16-3-1-2-14(8-16)13-4-5-13;1-13(2)14-4-3-5-16(8-14)21-19(10-18(22)12-23-21)15-6-7-20-17(9-15)11-24-25-20;1-11-6-13(2-4-17(11)20)19-16(8-15(21)10-22-19)12-3-5-18-14(7-12)9-23-24-18;1-11-6-13(2-4-16(11)20)19-15(8-14(21)9-22-19)12-3-5-17-18(7-12)24-10-23-17/h2,5-13,15H,3-4H2,1H3,(H,23,25);4-14H,1-3H3,(H,23,25);1-3,6-13H,4-5,22H2,(H,24,25);3-13H,22H2,1-2H3,(H,24,25);2-10H,21H2,1H3,(H,23,24);2-10H,21H2,1H3. The number of nitrogen functional groups attached to an aromatic ring is 4. The van der Waals surface area contributed by atoms with E-state index >= 15 is 0 Å². The molecule has 0 amide bonds. The fraction of sp³-hybridized carbons (Fsp3) is 0.129. The number of thiazole rings is 1. The third-order valence-electron chi connectivity index (χ3n) is 27.1. The second kappa shape index (κ2) is 42.0. The molecular formula is C124H107F2N21S. The fourth-order valence-electron chi connectivity index (χ4n) is 18.7. The van der Waals surface area contributed by atoms with Gasteiger partial charge in [-0.3, -0.25) is 55.4 Å². The van der Waals surface area contributed by atoms with Crippen molar-refractivity contribution in [1.29, 1.82) is 0 Å². The zero-order valence-corrected chi connectivity index (χ0v) is 83.8. The second-order valence-electron chi connectivity index (χ2n) is 38.5. The van der Waals surface area contributed by atoms with Crippen molar-refractivity contribution in [3.8, 4) is 134 Å². The Hall–Kier alpha value is -18.2. The summed E-state index contributed by atoms with van der Waals surface area (Å²) in [5.41, 5.74) is 67.7. The predicted octanol–water partition coefficient (Wildman–Crippen LogP) is 30.3. The van der Waals surface area contributed by atoms with E-state index in [1.807, 2.05) is 117 Å². The molecule has 0 bridgehead atoms. The maximum Gasteiger partial charge on any atom is 0.126 e. The molecule has 0 aliphatic heterocycles. The average molecular weight is 1960 g/mol. The first-order valence-corrected chi connectivity index (χ1v) is 50.3. The summed E-state index contributed by atoms with van der Waals surface area (Å²) in [5, 5.41) is 40.8. The number of rotatable bonds is 16. The molecule has 13 N–H and O–H groups in total. The Balaban J connectivity index is 0.000000104. The molecule has 0 unspecified atom stereocenters. The van der Waals surface area contributed by atoms with Crippen LogP contribution in [0.1, 0.15) is 122 Å². The molecule has 24 aromatic rings. The Bertz CT molecular complexity index is 8670. The maximum absolute atomic E-state index is 13.6. The normalized spacial score (nSPS) is 12.2. The minimum Gasteiger partial charge on any atom is -0.397 e. The highest BCUT2D eigenvalue weighted by atomic mass is 32.1. The van der Waals surface area contributed by atoms with Gasteiger partial charge in [0, 0.05) is 105 Å². The number of aryl methyl sites for hydroxylation is 4. The Morgan fingerprint density at radius 1 is 0.277 bits per heavy atom. The Morgan fingerprint density at radius 3 is 0.966 bits per heavy atom. The number of halogens is 2. The van der Waals surface area contributed by atoms with Crippen molar-refractivity contribution in [3.05, 3.63) is 409 Å². The van der Waals surface area contributed by atoms with Crippen LogP contribution >= 0.6 is 11.3 Å². The summed E-state index contributed by atoms with van der Waals surface area (Å²) in [4.78, 5) is 32.3. The molecule has 24 heteroatoms. The van der Waals surface area contributed by atoms with Crippen molar-refractivity contribution < 1.29 is 8.78 Å². The summed E-state index contributed by atoms with van der Waals surface area (Å²) in [5.74, 6) is 2.02. The molecule has 728 valence electrons. The number of H-pyrrole nitrogens is 5. The summed E-state index contributed by atoms with van der Waals surface area (Å²) >= 11 is 1.59. The number of nitrogens with two attached hydrogens (primary N) is 4. The predicted molar refractivity (Wildman–Crippen MR) is 601 cm³/mol. The molecule has 2 fully saturated rings. The largest absolute Gasteiger partial charge is 0.397 e. The lowest BCUT2D eigenvalue weighted by atomic mass is 9.95. The van der Waals surface area contributed by atoms with Gasteiger partial charge in [-0.15, -0.1) is 11.3 Å². The van der Waals surface area contributed by atoms with E-state index in [2.05, 4.69) is 292 Å². The molecule has 0 spiro atoms. The molecule has 0 radical (unpaired) electrons. The van der Waals surface area contributed by atoms with Crippen LogP contribution in [0, 0.1) is 39.3 Å². The van der Waals surface area contributed by atoms with Crippen molar-refractivity contribution in [2.75, 3.05) is 22.9 Å². The van der Waals surface area contributed by atoms with E-state index in [1.54, 1.807) is 74.4 Å². The Morgan fingerprint density at radius 2 is 0.595 bits per heavy atom. The lowest BCUT2D eigenvalue weighted by Gasteiger charge is -2.13. The first kappa shape index (κ1) is 96.0. The van der Waals surface area contributed by atoms with Crippen LogP contribution in [0.4, 0.5) is 31.5 Å². The van der Waals surface area contributed by atoms with Gasteiger partial charge in [-0.05, 0) is 308 Å². The number of hydrogen-bond donors (Lipinski definition) is 9. The van der Waals surface area contributed by atoms with Gasteiger partial charge in [0.1, 0.15) is 11.6 Å². The highest BCUT2D eigenvalue weighted by molar-refractivity contribution is 7.16. The maximum atomic E-state index is 13.6. The van der Waals surface area contributed by atoms with E-state index in [0.717, 1.165) is 211 Å². The highest BCUT2D eigenvalue weighted by Gasteiger charge is 2.27. The molecule has 12 heterocycles. The van der Waals surface area contributed by atoms with Crippen LogP contribution in [0.15, 0.2) is 352 Å². The van der Waals surface area contributed by atoms with Gasteiger partial charge >= 0.3 is 0 Å². The van der Waals surface area contributed by atoms with Gasteiger partial charge in [0.15, 0.2) is 0 Å². The van der Waals surface area contributed by atoms with E-state index < -0.39 is 0 Å². The number of benzene rings is 12. The van der Waals surface area contributed by atoms with Crippen LogP contribution in [0.5, 0.6) is 0 Å². The summed E-state index contributed by atoms with van der Waals surface area (Å²) in [6.45, 7) is 16.4. The number of nitrogens with zero attached hydrogens (tertiary/aromatic N) is 12. The van der Waals surface area contributed by atoms with Gasteiger partial charge < -0.3 is 22.9 Å². The topological polar surface area (TPSA) is 338 Å². The number of fused-ring (bicyclic) bond motifs is 6. The van der Waals surface area contributed by atoms with Gasteiger partial charge in [-0.25, -0.2) is 13.8 Å². The molecule has 0 atom stereocenters. The van der Waals surface area contributed by atoms with Crippen LogP contribution in [-0.4, -0.2) is 85.9 Å². The van der Waals surface area contributed by atoms with E-state index in [4.69, 9.17) is 32.9 Å². The van der Waals surface area contributed by atoms with E-state index in [0.29, 0.717) is 45.7 Å². The number of nitrogens with one attached hydrogen (secondary N) is 5.